The molecule has 0 saturated heterocycles. The van der Waals surface area contributed by atoms with E-state index in [4.69, 9.17) is 14.6 Å². The third-order valence-electron chi connectivity index (χ3n) is 2.34. The molecule has 0 aliphatic heterocycles. The topological polar surface area (TPSA) is 79.8 Å². The molecule has 0 aliphatic rings. The van der Waals surface area contributed by atoms with Crippen molar-refractivity contribution in [1.82, 2.24) is 5.32 Å². The first-order valence-electron chi connectivity index (χ1n) is 6.14. The number of amides is 2. The van der Waals surface area contributed by atoms with Crippen LogP contribution in [-0.2, 0) is 4.74 Å². The molecule has 6 nitrogen and oxygen atoms in total. The molecule has 2 amide bonds. The van der Waals surface area contributed by atoms with Crippen LogP contribution in [0, 0.1) is 0 Å². The number of methoxy groups -OCH3 is 1. The van der Waals surface area contributed by atoms with Gasteiger partial charge in [-0.25, -0.2) is 4.79 Å². The predicted molar refractivity (Wildman–Crippen MR) is 72.5 cm³/mol. The van der Waals surface area contributed by atoms with Crippen LogP contribution in [0.5, 0.6) is 5.75 Å². The summed E-state index contributed by atoms with van der Waals surface area (Å²) < 4.78 is 10.2. The summed E-state index contributed by atoms with van der Waals surface area (Å²) in [4.78, 5) is 11.6. The first-order valence-corrected chi connectivity index (χ1v) is 6.14. The molecule has 1 rings (SSSR count). The number of carbonyl (C=O) groups is 1. The van der Waals surface area contributed by atoms with E-state index in [2.05, 4.69) is 10.6 Å². The maximum Gasteiger partial charge on any atom is 0.319 e. The van der Waals surface area contributed by atoms with Gasteiger partial charge in [0.15, 0.2) is 0 Å². The third kappa shape index (κ3) is 6.08. The van der Waals surface area contributed by atoms with Crippen LogP contribution in [-0.4, -0.2) is 44.6 Å². The Hall–Kier alpha value is -1.79. The minimum atomic E-state index is -0.286. The Morgan fingerprint density at radius 2 is 2.11 bits per heavy atom. The average molecular weight is 268 g/mol. The summed E-state index contributed by atoms with van der Waals surface area (Å²) in [5.41, 5.74) is 0.624. The molecule has 1 aromatic rings. The molecule has 0 fully saturated rings. The smallest absolute Gasteiger partial charge is 0.319 e. The Kier molecular flexibility index (Phi) is 7.38. The predicted octanol–water partition coefficient (Wildman–Crippen LogP) is 1.22. The maximum absolute atomic E-state index is 11.6. The minimum absolute atomic E-state index is 0.0156. The van der Waals surface area contributed by atoms with Gasteiger partial charge in [0, 0.05) is 13.2 Å². The van der Waals surface area contributed by atoms with Gasteiger partial charge in [-0.2, -0.15) is 0 Å². The van der Waals surface area contributed by atoms with Crippen molar-refractivity contribution in [3.63, 3.8) is 0 Å². The SMILES string of the molecule is COc1ccccc1NC(=O)NCCCOCCO. The summed E-state index contributed by atoms with van der Waals surface area (Å²) in [5.74, 6) is 0.615. The molecule has 106 valence electrons. The van der Waals surface area contributed by atoms with Crippen molar-refractivity contribution in [2.45, 2.75) is 6.42 Å². The lowest BCUT2D eigenvalue weighted by molar-refractivity contribution is 0.0910. The first kappa shape index (κ1) is 15.3. The van der Waals surface area contributed by atoms with Crippen molar-refractivity contribution in [3.05, 3.63) is 24.3 Å². The molecule has 0 aromatic heterocycles. The molecule has 0 bridgehead atoms. The van der Waals surface area contributed by atoms with Crippen LogP contribution in [0.15, 0.2) is 24.3 Å². The highest BCUT2D eigenvalue weighted by molar-refractivity contribution is 5.90. The molecule has 0 unspecified atom stereocenters. The van der Waals surface area contributed by atoms with Crippen molar-refractivity contribution in [2.24, 2.45) is 0 Å². The first-order chi connectivity index (χ1) is 9.27. The van der Waals surface area contributed by atoms with Gasteiger partial charge < -0.3 is 25.2 Å². The second-order valence-corrected chi connectivity index (χ2v) is 3.77. The van der Waals surface area contributed by atoms with Gasteiger partial charge in [-0.15, -0.1) is 0 Å². The quantitative estimate of drug-likeness (QED) is 0.619. The number of nitrogens with one attached hydrogen (secondary N) is 2. The van der Waals surface area contributed by atoms with E-state index in [0.29, 0.717) is 37.6 Å². The van der Waals surface area contributed by atoms with Crippen molar-refractivity contribution >= 4 is 11.7 Å². The molecule has 0 spiro atoms. The zero-order chi connectivity index (χ0) is 13.9. The molecule has 0 aliphatic carbocycles. The molecular formula is C13H20N2O4. The largest absolute Gasteiger partial charge is 0.495 e. The van der Waals surface area contributed by atoms with E-state index >= 15 is 0 Å². The lowest BCUT2D eigenvalue weighted by Gasteiger charge is -2.10. The summed E-state index contributed by atoms with van der Waals surface area (Å²) in [6, 6.07) is 6.91. The maximum atomic E-state index is 11.6. The summed E-state index contributed by atoms with van der Waals surface area (Å²) in [6.45, 7) is 1.36. The number of para-hydroxylation sites is 2. The Morgan fingerprint density at radius 1 is 1.32 bits per heavy atom. The normalized spacial score (nSPS) is 10.0. The number of aliphatic hydroxyl groups is 1. The second kappa shape index (κ2) is 9.18. The Morgan fingerprint density at radius 3 is 2.84 bits per heavy atom. The number of anilines is 1. The zero-order valence-corrected chi connectivity index (χ0v) is 11.0. The van der Waals surface area contributed by atoms with Crippen LogP contribution in [0.1, 0.15) is 6.42 Å². The van der Waals surface area contributed by atoms with Crippen LogP contribution >= 0.6 is 0 Å². The lowest BCUT2D eigenvalue weighted by atomic mass is 10.3. The Bertz CT molecular complexity index is 385. The third-order valence-corrected chi connectivity index (χ3v) is 2.34. The fraction of sp³-hybridized carbons (Fsp3) is 0.462. The van der Waals surface area contributed by atoms with Gasteiger partial charge in [0.25, 0.3) is 0 Å². The van der Waals surface area contributed by atoms with E-state index in [-0.39, 0.29) is 12.6 Å². The lowest BCUT2D eigenvalue weighted by Crippen LogP contribution is -2.30. The molecule has 6 heteroatoms. The number of aliphatic hydroxyl groups excluding tert-OH is 1. The van der Waals surface area contributed by atoms with E-state index in [0.717, 1.165) is 0 Å². The van der Waals surface area contributed by atoms with Gasteiger partial charge in [0.2, 0.25) is 0 Å². The molecule has 0 radical (unpaired) electrons. The van der Waals surface area contributed by atoms with Crippen molar-refractivity contribution in [2.75, 3.05) is 38.8 Å². The summed E-state index contributed by atoms with van der Waals surface area (Å²) in [6.07, 6.45) is 0.694. The number of benzene rings is 1. The Balaban J connectivity index is 2.23. The van der Waals surface area contributed by atoms with E-state index in [9.17, 15) is 4.79 Å². The standard InChI is InChI=1S/C13H20N2O4/c1-18-12-6-3-2-5-11(12)15-13(17)14-7-4-9-19-10-8-16/h2-3,5-6,16H,4,7-10H2,1H3,(H2,14,15,17). The van der Waals surface area contributed by atoms with Gasteiger partial charge in [-0.3, -0.25) is 0 Å². The monoisotopic (exact) mass is 268 g/mol. The number of hydrogen-bond acceptors (Lipinski definition) is 4. The van der Waals surface area contributed by atoms with Crippen LogP contribution in [0.2, 0.25) is 0 Å². The summed E-state index contributed by atoms with van der Waals surface area (Å²) in [7, 11) is 1.55. The number of carbonyl (C=O) groups excluding carboxylic acids is 1. The van der Waals surface area contributed by atoms with Gasteiger partial charge in [-0.1, -0.05) is 12.1 Å². The highest BCUT2D eigenvalue weighted by Gasteiger charge is 2.05. The second-order valence-electron chi connectivity index (χ2n) is 3.77. The van der Waals surface area contributed by atoms with Gasteiger partial charge >= 0.3 is 6.03 Å². The fourth-order valence-electron chi connectivity index (χ4n) is 1.46. The van der Waals surface area contributed by atoms with E-state index < -0.39 is 0 Å². The molecule has 1 aromatic carbocycles. The van der Waals surface area contributed by atoms with E-state index in [1.165, 1.54) is 0 Å². The van der Waals surface area contributed by atoms with Crippen LogP contribution in [0.3, 0.4) is 0 Å². The Labute approximate surface area is 112 Å². The van der Waals surface area contributed by atoms with Crippen molar-refractivity contribution in [1.29, 1.82) is 0 Å². The average Bonchev–Trinajstić information content (AvgIpc) is 2.43. The fourth-order valence-corrected chi connectivity index (χ4v) is 1.46. The summed E-state index contributed by atoms with van der Waals surface area (Å²) in [5, 5.41) is 13.9. The number of rotatable bonds is 8. The van der Waals surface area contributed by atoms with Crippen LogP contribution in [0.4, 0.5) is 10.5 Å². The van der Waals surface area contributed by atoms with Crippen molar-refractivity contribution < 1.29 is 19.4 Å². The van der Waals surface area contributed by atoms with Gasteiger partial charge in [0.05, 0.1) is 26.0 Å². The number of urea groups is 1. The van der Waals surface area contributed by atoms with Gasteiger partial charge in [0.1, 0.15) is 5.75 Å². The zero-order valence-electron chi connectivity index (χ0n) is 11.0. The highest BCUT2D eigenvalue weighted by Crippen LogP contribution is 2.22. The molecular weight excluding hydrogens is 248 g/mol. The molecule has 0 atom stereocenters. The van der Waals surface area contributed by atoms with E-state index in [1.807, 2.05) is 12.1 Å². The van der Waals surface area contributed by atoms with Crippen molar-refractivity contribution in [3.8, 4) is 5.75 Å². The minimum Gasteiger partial charge on any atom is -0.495 e. The van der Waals surface area contributed by atoms with E-state index in [1.54, 1.807) is 19.2 Å². The molecule has 0 heterocycles. The molecule has 19 heavy (non-hydrogen) atoms. The molecule has 0 saturated carbocycles. The number of hydrogen-bond donors (Lipinski definition) is 3. The van der Waals surface area contributed by atoms with Crippen LogP contribution in [0.25, 0.3) is 0 Å². The molecule has 3 N–H and O–H groups in total. The van der Waals surface area contributed by atoms with Crippen LogP contribution < -0.4 is 15.4 Å². The van der Waals surface area contributed by atoms with Gasteiger partial charge in [-0.05, 0) is 18.6 Å². The summed E-state index contributed by atoms with van der Waals surface area (Å²) >= 11 is 0. The number of ether oxygens (including phenoxy) is 2. The highest BCUT2D eigenvalue weighted by atomic mass is 16.5.